The van der Waals surface area contributed by atoms with Crippen LogP contribution in [0.3, 0.4) is 0 Å². The number of amides is 1. The number of hydrogen-bond acceptors (Lipinski definition) is 4. The van der Waals surface area contributed by atoms with Crippen LogP contribution >= 0.6 is 35.3 Å². The molecule has 0 atom stereocenters. The number of rotatable bonds is 5. The third kappa shape index (κ3) is 5.56. The molecule has 3 N–H and O–H groups in total. The highest BCUT2D eigenvalue weighted by atomic mass is 127. The summed E-state index contributed by atoms with van der Waals surface area (Å²) in [6.07, 6.45) is 6.40. The van der Waals surface area contributed by atoms with Crippen molar-refractivity contribution in [2.45, 2.75) is 25.8 Å². The van der Waals surface area contributed by atoms with E-state index in [0.29, 0.717) is 24.0 Å². The van der Waals surface area contributed by atoms with Gasteiger partial charge < -0.3 is 16.0 Å². The summed E-state index contributed by atoms with van der Waals surface area (Å²) < 4.78 is 0. The van der Waals surface area contributed by atoms with Gasteiger partial charge in [0.15, 0.2) is 5.96 Å². The van der Waals surface area contributed by atoms with Crippen molar-refractivity contribution in [3.8, 4) is 0 Å². The fourth-order valence-corrected chi connectivity index (χ4v) is 2.80. The predicted octanol–water partition coefficient (Wildman–Crippen LogP) is 1.68. The Balaban J connectivity index is 0.00000242. The molecule has 0 fully saturated rings. The maximum absolute atomic E-state index is 11.9. The van der Waals surface area contributed by atoms with Gasteiger partial charge in [0.1, 0.15) is 4.88 Å². The lowest BCUT2D eigenvalue weighted by Gasteiger charge is -2.16. The van der Waals surface area contributed by atoms with Crippen LogP contribution in [0.5, 0.6) is 0 Å². The molecular weight excluding hydrogens is 413 g/mol. The molecule has 0 spiro atoms. The highest BCUT2D eigenvalue weighted by molar-refractivity contribution is 14.0. The quantitative estimate of drug-likeness (QED) is 0.216. The van der Waals surface area contributed by atoms with E-state index in [1.807, 2.05) is 6.92 Å². The molecule has 8 heteroatoms. The summed E-state index contributed by atoms with van der Waals surface area (Å²) in [4.78, 5) is 20.8. The first-order valence-electron chi connectivity index (χ1n) is 7.01. The van der Waals surface area contributed by atoms with E-state index >= 15 is 0 Å². The Labute approximate surface area is 151 Å². The molecule has 1 aliphatic rings. The Morgan fingerprint density at radius 1 is 1.36 bits per heavy atom. The Hall–Kier alpha value is -1.16. The largest absolute Gasteiger partial charge is 0.355 e. The predicted molar refractivity (Wildman–Crippen MR) is 101 cm³/mol. The summed E-state index contributed by atoms with van der Waals surface area (Å²) in [7, 11) is 1.75. The second-order valence-corrected chi connectivity index (χ2v) is 5.66. The van der Waals surface area contributed by atoms with Gasteiger partial charge in [0.2, 0.25) is 0 Å². The van der Waals surface area contributed by atoms with Crippen molar-refractivity contribution in [1.29, 1.82) is 0 Å². The lowest BCUT2D eigenvalue weighted by molar-refractivity contribution is 0.0957. The zero-order valence-corrected chi connectivity index (χ0v) is 15.9. The molecule has 1 aromatic rings. The van der Waals surface area contributed by atoms with E-state index < -0.39 is 0 Å². The smallest absolute Gasteiger partial charge is 0.263 e. The first kappa shape index (κ1) is 18.9. The van der Waals surface area contributed by atoms with E-state index in [0.717, 1.165) is 24.5 Å². The van der Waals surface area contributed by atoms with E-state index in [1.54, 1.807) is 12.6 Å². The van der Waals surface area contributed by atoms with Gasteiger partial charge in [-0.3, -0.25) is 9.79 Å². The zero-order chi connectivity index (χ0) is 15.1. The highest BCUT2D eigenvalue weighted by Crippen LogP contribution is 2.11. The Morgan fingerprint density at radius 3 is 2.64 bits per heavy atom. The van der Waals surface area contributed by atoms with Crippen molar-refractivity contribution in [2.24, 2.45) is 4.99 Å². The van der Waals surface area contributed by atoms with Gasteiger partial charge in [0.05, 0.1) is 11.2 Å². The minimum Gasteiger partial charge on any atom is -0.355 e. The molecule has 0 bridgehead atoms. The molecule has 1 aliphatic carbocycles. The second-order valence-electron chi connectivity index (χ2n) is 4.81. The number of nitrogens with zero attached hydrogens (tertiary/aromatic N) is 2. The summed E-state index contributed by atoms with van der Waals surface area (Å²) >= 11 is 1.36. The van der Waals surface area contributed by atoms with E-state index in [1.165, 1.54) is 11.3 Å². The van der Waals surface area contributed by atoms with Crippen molar-refractivity contribution >= 4 is 47.2 Å². The van der Waals surface area contributed by atoms with Crippen molar-refractivity contribution in [2.75, 3.05) is 20.1 Å². The van der Waals surface area contributed by atoms with Gasteiger partial charge in [0.25, 0.3) is 5.91 Å². The third-order valence-electron chi connectivity index (χ3n) is 3.23. The molecule has 0 radical (unpaired) electrons. The second kappa shape index (κ2) is 9.78. The van der Waals surface area contributed by atoms with E-state index in [9.17, 15) is 4.79 Å². The Bertz CT molecular complexity index is 535. The summed E-state index contributed by atoms with van der Waals surface area (Å²) in [5, 5.41) is 9.41. The van der Waals surface area contributed by atoms with Crippen LogP contribution in [-0.2, 0) is 0 Å². The molecule has 0 aliphatic heterocycles. The van der Waals surface area contributed by atoms with Crippen LogP contribution in [0.2, 0.25) is 0 Å². The third-order valence-corrected chi connectivity index (χ3v) is 4.15. The van der Waals surface area contributed by atoms with Crippen LogP contribution in [-0.4, -0.2) is 43.0 Å². The van der Waals surface area contributed by atoms with Crippen LogP contribution in [0.1, 0.15) is 28.2 Å². The summed E-state index contributed by atoms with van der Waals surface area (Å²) in [5.41, 5.74) is 2.46. The monoisotopic (exact) mass is 435 g/mol. The Kier molecular flexibility index (Phi) is 8.39. The normalized spacial score (nSPS) is 14.5. The number of aromatic nitrogens is 1. The molecule has 1 amide bonds. The lowest BCUT2D eigenvalue weighted by atomic mass is 10.2. The van der Waals surface area contributed by atoms with Crippen LogP contribution in [0.25, 0.3) is 0 Å². The van der Waals surface area contributed by atoms with E-state index in [4.69, 9.17) is 0 Å². The van der Waals surface area contributed by atoms with Gasteiger partial charge in [-0.05, 0) is 19.8 Å². The van der Waals surface area contributed by atoms with Crippen LogP contribution in [0, 0.1) is 6.92 Å². The molecular formula is C14H22IN5OS. The van der Waals surface area contributed by atoms with Gasteiger partial charge in [-0.25, -0.2) is 4.98 Å². The topological polar surface area (TPSA) is 78.4 Å². The Morgan fingerprint density at radius 2 is 2.05 bits per heavy atom. The van der Waals surface area contributed by atoms with Crippen LogP contribution < -0.4 is 16.0 Å². The molecule has 122 valence electrons. The minimum atomic E-state index is -0.0697. The first-order chi connectivity index (χ1) is 10.2. The molecule has 1 heterocycles. The summed E-state index contributed by atoms with van der Waals surface area (Å²) in [6, 6.07) is 0.422. The maximum Gasteiger partial charge on any atom is 0.263 e. The number of thiazole rings is 1. The van der Waals surface area contributed by atoms with Gasteiger partial charge >= 0.3 is 0 Å². The van der Waals surface area contributed by atoms with Crippen LogP contribution in [0.4, 0.5) is 0 Å². The average molecular weight is 435 g/mol. The number of guanidine groups is 1. The number of hydrogen-bond donors (Lipinski definition) is 3. The van der Waals surface area contributed by atoms with Gasteiger partial charge in [0, 0.05) is 26.2 Å². The standard InChI is InChI=1S/C14H21N5OS.HI/c1-10-12(21-9-18-10)13(20)16-7-8-17-14(15-2)19-11-5-3-4-6-11;/h3-4,9,11H,5-8H2,1-2H3,(H,16,20)(H2,15,17,19);1H. The lowest BCUT2D eigenvalue weighted by Crippen LogP contribution is -2.45. The SMILES string of the molecule is CN=C(NCCNC(=O)c1scnc1C)NC1CC=CC1.I. The van der Waals surface area contributed by atoms with Crippen molar-refractivity contribution in [3.63, 3.8) is 0 Å². The van der Waals surface area contributed by atoms with Gasteiger partial charge in [-0.2, -0.15) is 0 Å². The number of nitrogens with one attached hydrogen (secondary N) is 3. The molecule has 0 saturated heterocycles. The maximum atomic E-state index is 11.9. The molecule has 0 aromatic carbocycles. The van der Waals surface area contributed by atoms with E-state index in [-0.39, 0.29) is 29.9 Å². The molecule has 1 aromatic heterocycles. The molecule has 6 nitrogen and oxygen atoms in total. The zero-order valence-electron chi connectivity index (χ0n) is 12.8. The number of carbonyl (C=O) groups is 1. The fraction of sp³-hybridized carbons (Fsp3) is 0.500. The summed E-state index contributed by atoms with van der Waals surface area (Å²) in [6.45, 7) is 3.01. The van der Waals surface area contributed by atoms with Crippen molar-refractivity contribution in [3.05, 3.63) is 28.2 Å². The van der Waals surface area contributed by atoms with Crippen molar-refractivity contribution < 1.29 is 4.79 Å². The molecule has 22 heavy (non-hydrogen) atoms. The molecule has 2 rings (SSSR count). The number of carbonyl (C=O) groups excluding carboxylic acids is 1. The minimum absolute atomic E-state index is 0. The summed E-state index contributed by atoms with van der Waals surface area (Å²) in [5.74, 6) is 0.701. The molecule has 0 saturated carbocycles. The van der Waals surface area contributed by atoms with Crippen LogP contribution in [0.15, 0.2) is 22.7 Å². The number of aliphatic imine (C=N–C) groups is 1. The number of halogens is 1. The fourth-order valence-electron chi connectivity index (χ4n) is 2.08. The van der Waals surface area contributed by atoms with Gasteiger partial charge in [-0.15, -0.1) is 35.3 Å². The van der Waals surface area contributed by atoms with E-state index in [2.05, 4.69) is 38.1 Å². The number of aryl methyl sites for hydroxylation is 1. The molecule has 0 unspecified atom stereocenters. The van der Waals surface area contributed by atoms with Gasteiger partial charge in [-0.1, -0.05) is 12.2 Å². The highest BCUT2D eigenvalue weighted by Gasteiger charge is 2.12. The average Bonchev–Trinajstić information content (AvgIpc) is 3.13. The van der Waals surface area contributed by atoms with Crippen molar-refractivity contribution in [1.82, 2.24) is 20.9 Å². The first-order valence-corrected chi connectivity index (χ1v) is 7.89.